The maximum atomic E-state index is 9.30. The van der Waals surface area contributed by atoms with E-state index in [0.717, 1.165) is 12.8 Å². The minimum Gasteiger partial charge on any atom is -0.513 e. The van der Waals surface area contributed by atoms with E-state index in [2.05, 4.69) is 33.9 Å². The predicted molar refractivity (Wildman–Crippen MR) is 62.0 cm³/mol. The molecule has 0 aliphatic heterocycles. The van der Waals surface area contributed by atoms with Gasteiger partial charge in [0, 0.05) is 6.42 Å². The Morgan fingerprint density at radius 1 is 1.43 bits per heavy atom. The zero-order chi connectivity index (χ0) is 11.0. The molecule has 82 valence electrons. The summed E-state index contributed by atoms with van der Waals surface area (Å²) in [7, 11) is -1.66. The lowest BCUT2D eigenvalue weighted by molar-refractivity contribution is 0.224. The van der Waals surface area contributed by atoms with Gasteiger partial charge in [0.2, 0.25) is 0 Å². The van der Waals surface area contributed by atoms with Gasteiger partial charge < -0.3 is 9.53 Å². The number of hydrogen-bond acceptors (Lipinski definition) is 2. The van der Waals surface area contributed by atoms with E-state index in [9.17, 15) is 5.11 Å². The van der Waals surface area contributed by atoms with Crippen molar-refractivity contribution in [2.75, 3.05) is 0 Å². The van der Waals surface area contributed by atoms with Crippen molar-refractivity contribution in [1.29, 1.82) is 0 Å². The molecule has 1 rings (SSSR count). The Morgan fingerprint density at radius 2 is 2.00 bits per heavy atom. The molecule has 1 aliphatic rings. The van der Waals surface area contributed by atoms with Crippen LogP contribution in [0, 0.1) is 0 Å². The minimum atomic E-state index is -1.66. The van der Waals surface area contributed by atoms with Crippen molar-refractivity contribution in [3.8, 4) is 0 Å². The van der Waals surface area contributed by atoms with Gasteiger partial charge in [0.15, 0.2) is 8.32 Å². The standard InChI is InChI=1S/C11H22O2Si/c1-11(2,3)14(4,5)13-10-7-6-9(12)8-10/h8,10,12H,6-7H2,1-5H3/t10-/m0/s1. The molecule has 1 atom stereocenters. The van der Waals surface area contributed by atoms with Gasteiger partial charge in [0.1, 0.15) is 0 Å². The van der Waals surface area contributed by atoms with Crippen LogP contribution in [-0.4, -0.2) is 19.5 Å². The Bertz CT molecular complexity index is 238. The van der Waals surface area contributed by atoms with Gasteiger partial charge in [-0.2, -0.15) is 0 Å². The molecule has 0 unspecified atom stereocenters. The first-order valence-electron chi connectivity index (χ1n) is 5.30. The highest BCUT2D eigenvalue weighted by Gasteiger charge is 2.39. The second-order valence-corrected chi connectivity index (χ2v) is 10.4. The number of aliphatic hydroxyl groups is 1. The molecule has 0 aromatic rings. The zero-order valence-corrected chi connectivity index (χ0v) is 10.9. The highest BCUT2D eigenvalue weighted by Crippen LogP contribution is 2.38. The molecular weight excluding hydrogens is 192 g/mol. The number of aliphatic hydroxyl groups excluding tert-OH is 1. The molecule has 0 saturated heterocycles. The Labute approximate surface area is 88.1 Å². The van der Waals surface area contributed by atoms with E-state index in [1.54, 1.807) is 0 Å². The van der Waals surface area contributed by atoms with Gasteiger partial charge in [0.05, 0.1) is 11.9 Å². The summed E-state index contributed by atoms with van der Waals surface area (Å²) in [5.41, 5.74) is 0. The first-order chi connectivity index (χ1) is 6.22. The van der Waals surface area contributed by atoms with Crippen molar-refractivity contribution in [1.82, 2.24) is 0 Å². The molecule has 0 amide bonds. The van der Waals surface area contributed by atoms with Crippen molar-refractivity contribution in [2.45, 2.75) is 57.8 Å². The normalized spacial score (nSPS) is 23.8. The van der Waals surface area contributed by atoms with Gasteiger partial charge in [0.25, 0.3) is 0 Å². The quantitative estimate of drug-likeness (QED) is 0.712. The van der Waals surface area contributed by atoms with Crippen LogP contribution in [0.2, 0.25) is 18.1 Å². The average molecular weight is 214 g/mol. The summed E-state index contributed by atoms with van der Waals surface area (Å²) in [5, 5.41) is 9.54. The van der Waals surface area contributed by atoms with Crippen LogP contribution in [0.5, 0.6) is 0 Å². The van der Waals surface area contributed by atoms with E-state index in [1.165, 1.54) is 0 Å². The smallest absolute Gasteiger partial charge is 0.192 e. The Balaban J connectivity index is 2.60. The summed E-state index contributed by atoms with van der Waals surface area (Å²) < 4.78 is 6.14. The third kappa shape index (κ3) is 2.61. The molecule has 0 radical (unpaired) electrons. The van der Waals surface area contributed by atoms with E-state index in [4.69, 9.17) is 4.43 Å². The van der Waals surface area contributed by atoms with Crippen LogP contribution < -0.4 is 0 Å². The van der Waals surface area contributed by atoms with Gasteiger partial charge in [-0.05, 0) is 30.6 Å². The Hall–Kier alpha value is -0.283. The second kappa shape index (κ2) is 3.70. The summed E-state index contributed by atoms with van der Waals surface area (Å²) in [6.07, 6.45) is 3.73. The molecule has 0 heterocycles. The fourth-order valence-electron chi connectivity index (χ4n) is 1.32. The van der Waals surface area contributed by atoms with Crippen LogP contribution in [0.3, 0.4) is 0 Å². The summed E-state index contributed by atoms with van der Waals surface area (Å²) >= 11 is 0. The number of hydrogen-bond donors (Lipinski definition) is 1. The average Bonchev–Trinajstić information content (AvgIpc) is 2.31. The van der Waals surface area contributed by atoms with Gasteiger partial charge in [-0.25, -0.2) is 0 Å². The minimum absolute atomic E-state index is 0.149. The SMILES string of the molecule is CC(C)(C)[Si](C)(C)O[C@@H]1C=C(O)CC1. The second-order valence-electron chi connectivity index (χ2n) is 5.61. The fraction of sp³-hybridized carbons (Fsp3) is 0.818. The first kappa shape index (κ1) is 11.8. The topological polar surface area (TPSA) is 29.5 Å². The fourth-order valence-corrected chi connectivity index (χ4v) is 2.62. The van der Waals surface area contributed by atoms with Crippen LogP contribution in [0.25, 0.3) is 0 Å². The molecule has 0 aromatic heterocycles. The van der Waals surface area contributed by atoms with Crippen molar-refractivity contribution < 1.29 is 9.53 Å². The van der Waals surface area contributed by atoms with Crippen molar-refractivity contribution in [2.24, 2.45) is 0 Å². The van der Waals surface area contributed by atoms with Crippen LogP contribution in [0.4, 0.5) is 0 Å². The Kier molecular flexibility index (Phi) is 3.12. The summed E-state index contributed by atoms with van der Waals surface area (Å²) in [6.45, 7) is 11.2. The highest BCUT2D eigenvalue weighted by molar-refractivity contribution is 6.74. The molecule has 3 heteroatoms. The van der Waals surface area contributed by atoms with E-state index in [0.29, 0.717) is 5.76 Å². The molecule has 0 saturated carbocycles. The third-order valence-corrected chi connectivity index (χ3v) is 7.82. The van der Waals surface area contributed by atoms with E-state index >= 15 is 0 Å². The third-order valence-electron chi connectivity index (χ3n) is 3.32. The molecule has 0 spiro atoms. The number of allylic oxidation sites excluding steroid dienone is 1. The maximum Gasteiger partial charge on any atom is 0.192 e. The molecule has 1 N–H and O–H groups in total. The van der Waals surface area contributed by atoms with Crippen LogP contribution >= 0.6 is 0 Å². The lowest BCUT2D eigenvalue weighted by Gasteiger charge is -2.38. The van der Waals surface area contributed by atoms with Crippen molar-refractivity contribution in [3.63, 3.8) is 0 Å². The largest absolute Gasteiger partial charge is 0.513 e. The molecular formula is C11H22O2Si. The molecule has 1 aliphatic carbocycles. The first-order valence-corrected chi connectivity index (χ1v) is 8.21. The lowest BCUT2D eigenvalue weighted by atomic mass is 10.2. The van der Waals surface area contributed by atoms with Crippen LogP contribution in [-0.2, 0) is 4.43 Å². The number of rotatable bonds is 2. The van der Waals surface area contributed by atoms with Crippen LogP contribution in [0.15, 0.2) is 11.8 Å². The molecule has 14 heavy (non-hydrogen) atoms. The van der Waals surface area contributed by atoms with E-state index in [1.807, 2.05) is 6.08 Å². The summed E-state index contributed by atoms with van der Waals surface area (Å²) in [5.74, 6) is 0.494. The molecule has 0 bridgehead atoms. The molecule has 2 nitrogen and oxygen atoms in total. The highest BCUT2D eigenvalue weighted by atomic mass is 28.4. The predicted octanol–water partition coefficient (Wildman–Crippen LogP) is 3.61. The van der Waals surface area contributed by atoms with Gasteiger partial charge >= 0.3 is 0 Å². The van der Waals surface area contributed by atoms with Crippen LogP contribution in [0.1, 0.15) is 33.6 Å². The van der Waals surface area contributed by atoms with E-state index < -0.39 is 8.32 Å². The van der Waals surface area contributed by atoms with Gasteiger partial charge in [-0.15, -0.1) is 0 Å². The van der Waals surface area contributed by atoms with Crippen molar-refractivity contribution >= 4 is 8.32 Å². The summed E-state index contributed by atoms with van der Waals surface area (Å²) in [4.78, 5) is 0. The molecule has 0 aromatic carbocycles. The molecule has 0 fully saturated rings. The van der Waals surface area contributed by atoms with Crippen molar-refractivity contribution in [3.05, 3.63) is 11.8 Å². The van der Waals surface area contributed by atoms with Gasteiger partial charge in [-0.3, -0.25) is 0 Å². The van der Waals surface area contributed by atoms with Gasteiger partial charge in [-0.1, -0.05) is 20.8 Å². The monoisotopic (exact) mass is 214 g/mol. The Morgan fingerprint density at radius 3 is 2.36 bits per heavy atom. The lowest BCUT2D eigenvalue weighted by Crippen LogP contribution is -2.43. The summed E-state index contributed by atoms with van der Waals surface area (Å²) in [6, 6.07) is 0. The maximum absolute atomic E-state index is 9.30. The zero-order valence-electron chi connectivity index (χ0n) is 9.92. The van der Waals surface area contributed by atoms with E-state index in [-0.39, 0.29) is 11.1 Å².